The second-order valence-electron chi connectivity index (χ2n) is 4.56. The van der Waals surface area contributed by atoms with Crippen LogP contribution in [-0.2, 0) is 0 Å². The van der Waals surface area contributed by atoms with Crippen LogP contribution in [0.25, 0.3) is 0 Å². The summed E-state index contributed by atoms with van der Waals surface area (Å²) in [6.45, 7) is 6.07. The Kier molecular flexibility index (Phi) is 5.49. The molecule has 84 valence electrons. The molecular formula is C12H25NO. The van der Waals surface area contributed by atoms with E-state index in [1.165, 1.54) is 45.1 Å². The lowest BCUT2D eigenvalue weighted by Crippen LogP contribution is -2.43. The summed E-state index contributed by atoms with van der Waals surface area (Å²) in [7, 11) is 0. The first-order valence-corrected chi connectivity index (χ1v) is 6.16. The molecule has 2 nitrogen and oxygen atoms in total. The van der Waals surface area contributed by atoms with Gasteiger partial charge in [-0.1, -0.05) is 26.2 Å². The largest absolute Gasteiger partial charge is 0.395 e. The highest BCUT2D eigenvalue weighted by molar-refractivity contribution is 4.78. The maximum absolute atomic E-state index is 9.36. The maximum Gasteiger partial charge on any atom is 0.0586 e. The summed E-state index contributed by atoms with van der Waals surface area (Å²) in [6, 6.07) is 1.08. The standard InChI is InChI=1S/C12H25NO/c1-3-7-11(2)13-9-6-4-5-8-12(13)10-14/h11-12,14H,3-10H2,1-2H3. The van der Waals surface area contributed by atoms with Gasteiger partial charge in [0.15, 0.2) is 0 Å². The first-order valence-electron chi connectivity index (χ1n) is 6.16. The number of aliphatic hydroxyl groups is 1. The molecule has 1 heterocycles. The van der Waals surface area contributed by atoms with E-state index in [0.29, 0.717) is 18.7 Å². The van der Waals surface area contributed by atoms with Crippen LogP contribution < -0.4 is 0 Å². The van der Waals surface area contributed by atoms with E-state index in [-0.39, 0.29) is 0 Å². The Bertz CT molecular complexity index is 149. The fourth-order valence-electron chi connectivity index (χ4n) is 2.56. The van der Waals surface area contributed by atoms with Crippen LogP contribution in [0.15, 0.2) is 0 Å². The van der Waals surface area contributed by atoms with E-state index >= 15 is 0 Å². The van der Waals surface area contributed by atoms with Crippen molar-refractivity contribution in [3.63, 3.8) is 0 Å². The van der Waals surface area contributed by atoms with Gasteiger partial charge in [0.1, 0.15) is 0 Å². The van der Waals surface area contributed by atoms with Crippen LogP contribution in [0.3, 0.4) is 0 Å². The Morgan fingerprint density at radius 2 is 2.14 bits per heavy atom. The zero-order valence-electron chi connectivity index (χ0n) is 9.71. The van der Waals surface area contributed by atoms with Crippen LogP contribution in [0.2, 0.25) is 0 Å². The van der Waals surface area contributed by atoms with E-state index < -0.39 is 0 Å². The fraction of sp³-hybridized carbons (Fsp3) is 1.00. The van der Waals surface area contributed by atoms with Crippen molar-refractivity contribution in [2.24, 2.45) is 0 Å². The van der Waals surface area contributed by atoms with E-state index in [4.69, 9.17) is 0 Å². The second-order valence-corrected chi connectivity index (χ2v) is 4.56. The zero-order chi connectivity index (χ0) is 10.4. The minimum absolute atomic E-state index is 0.341. The molecule has 0 spiro atoms. The van der Waals surface area contributed by atoms with Gasteiger partial charge in [0.05, 0.1) is 6.61 Å². The van der Waals surface area contributed by atoms with E-state index in [2.05, 4.69) is 18.7 Å². The molecule has 1 N–H and O–H groups in total. The van der Waals surface area contributed by atoms with Crippen LogP contribution >= 0.6 is 0 Å². The molecule has 0 aromatic rings. The molecule has 1 aliphatic rings. The Balaban J connectivity index is 2.50. The van der Waals surface area contributed by atoms with Crippen LogP contribution in [0.4, 0.5) is 0 Å². The van der Waals surface area contributed by atoms with E-state index in [9.17, 15) is 5.11 Å². The van der Waals surface area contributed by atoms with Gasteiger partial charge < -0.3 is 5.11 Å². The molecule has 1 fully saturated rings. The maximum atomic E-state index is 9.36. The van der Waals surface area contributed by atoms with E-state index in [1.807, 2.05) is 0 Å². The topological polar surface area (TPSA) is 23.5 Å². The normalized spacial score (nSPS) is 27.2. The lowest BCUT2D eigenvalue weighted by atomic mass is 10.1. The Morgan fingerprint density at radius 1 is 1.36 bits per heavy atom. The monoisotopic (exact) mass is 199 g/mol. The van der Waals surface area contributed by atoms with Gasteiger partial charge >= 0.3 is 0 Å². The minimum Gasteiger partial charge on any atom is -0.395 e. The summed E-state index contributed by atoms with van der Waals surface area (Å²) >= 11 is 0. The third-order valence-electron chi connectivity index (χ3n) is 3.41. The highest BCUT2D eigenvalue weighted by Crippen LogP contribution is 2.20. The number of likely N-dealkylation sites (tertiary alicyclic amines) is 1. The molecule has 1 saturated heterocycles. The van der Waals surface area contributed by atoms with Crippen molar-refractivity contribution < 1.29 is 5.11 Å². The summed E-state index contributed by atoms with van der Waals surface area (Å²) in [6.07, 6.45) is 7.63. The predicted octanol–water partition coefficient (Wildman–Crippen LogP) is 2.41. The lowest BCUT2D eigenvalue weighted by molar-refractivity contribution is 0.0872. The molecule has 1 rings (SSSR count). The number of hydrogen-bond donors (Lipinski definition) is 1. The molecule has 0 bridgehead atoms. The first kappa shape index (κ1) is 12.0. The van der Waals surface area contributed by atoms with Gasteiger partial charge in [-0.25, -0.2) is 0 Å². The summed E-state index contributed by atoms with van der Waals surface area (Å²) in [5.41, 5.74) is 0. The zero-order valence-corrected chi connectivity index (χ0v) is 9.71. The third-order valence-corrected chi connectivity index (χ3v) is 3.41. The molecule has 0 aromatic carbocycles. The molecule has 0 aromatic heterocycles. The Morgan fingerprint density at radius 3 is 2.79 bits per heavy atom. The van der Waals surface area contributed by atoms with Gasteiger partial charge in [-0.3, -0.25) is 4.90 Å². The van der Waals surface area contributed by atoms with Crippen LogP contribution in [0.1, 0.15) is 52.4 Å². The van der Waals surface area contributed by atoms with Gasteiger partial charge in [-0.15, -0.1) is 0 Å². The minimum atomic E-state index is 0.341. The number of aliphatic hydroxyl groups excluding tert-OH is 1. The summed E-state index contributed by atoms with van der Waals surface area (Å²) < 4.78 is 0. The van der Waals surface area contributed by atoms with Crippen LogP contribution in [-0.4, -0.2) is 35.2 Å². The molecule has 0 amide bonds. The molecule has 2 unspecified atom stereocenters. The van der Waals surface area contributed by atoms with E-state index in [0.717, 1.165) is 0 Å². The fourth-order valence-corrected chi connectivity index (χ4v) is 2.56. The number of hydrogen-bond acceptors (Lipinski definition) is 2. The molecule has 0 aliphatic carbocycles. The third kappa shape index (κ3) is 3.25. The SMILES string of the molecule is CCCC(C)N1CCCCCC1CO. The van der Waals surface area contributed by atoms with Crippen LogP contribution in [0, 0.1) is 0 Å². The van der Waals surface area contributed by atoms with Crippen molar-refractivity contribution in [1.82, 2.24) is 4.90 Å². The molecule has 2 heteroatoms. The van der Waals surface area contributed by atoms with Crippen LogP contribution in [0.5, 0.6) is 0 Å². The van der Waals surface area contributed by atoms with Crippen molar-refractivity contribution in [3.05, 3.63) is 0 Å². The van der Waals surface area contributed by atoms with Gasteiger partial charge in [-0.05, 0) is 32.7 Å². The summed E-state index contributed by atoms with van der Waals surface area (Å²) in [5, 5.41) is 9.36. The second kappa shape index (κ2) is 6.41. The Labute approximate surface area is 88.3 Å². The van der Waals surface area contributed by atoms with Gasteiger partial charge in [0, 0.05) is 12.1 Å². The molecule has 0 saturated carbocycles. The van der Waals surface area contributed by atoms with Crippen molar-refractivity contribution in [1.29, 1.82) is 0 Å². The average molecular weight is 199 g/mol. The molecule has 14 heavy (non-hydrogen) atoms. The predicted molar refractivity (Wildman–Crippen MR) is 60.4 cm³/mol. The van der Waals surface area contributed by atoms with Crippen molar-refractivity contribution in [2.75, 3.05) is 13.2 Å². The molecule has 2 atom stereocenters. The van der Waals surface area contributed by atoms with Crippen molar-refractivity contribution in [2.45, 2.75) is 64.5 Å². The van der Waals surface area contributed by atoms with E-state index in [1.54, 1.807) is 0 Å². The molecule has 0 radical (unpaired) electrons. The number of rotatable bonds is 4. The van der Waals surface area contributed by atoms with Gasteiger partial charge in [-0.2, -0.15) is 0 Å². The molecule has 1 aliphatic heterocycles. The highest BCUT2D eigenvalue weighted by Gasteiger charge is 2.23. The average Bonchev–Trinajstić information content (AvgIpc) is 2.42. The Hall–Kier alpha value is -0.0800. The highest BCUT2D eigenvalue weighted by atomic mass is 16.3. The summed E-state index contributed by atoms with van der Waals surface area (Å²) in [4.78, 5) is 2.52. The van der Waals surface area contributed by atoms with Crippen molar-refractivity contribution >= 4 is 0 Å². The summed E-state index contributed by atoms with van der Waals surface area (Å²) in [5.74, 6) is 0. The first-order chi connectivity index (χ1) is 6.79. The smallest absolute Gasteiger partial charge is 0.0586 e. The van der Waals surface area contributed by atoms with Gasteiger partial charge in [0.2, 0.25) is 0 Å². The van der Waals surface area contributed by atoms with Gasteiger partial charge in [0.25, 0.3) is 0 Å². The lowest BCUT2D eigenvalue weighted by Gasteiger charge is -2.34. The molecular weight excluding hydrogens is 174 g/mol. The van der Waals surface area contributed by atoms with Crippen molar-refractivity contribution in [3.8, 4) is 0 Å². The quantitative estimate of drug-likeness (QED) is 0.751. The number of nitrogens with zero attached hydrogens (tertiary/aromatic N) is 1.